The number of amides is 3. The van der Waals surface area contributed by atoms with E-state index >= 15 is 0 Å². The number of furan rings is 1. The average Bonchev–Trinajstić information content (AvgIpc) is 2.94. The highest BCUT2D eigenvalue weighted by molar-refractivity contribution is 9.10. The number of carbonyl (C=O) groups excluding carboxylic acids is 2. The SMILES string of the molecule is CCN(CC)C(=O)N1CCN(C(=O)c2ccc(Br)o2)CC1. The van der Waals surface area contributed by atoms with E-state index in [-0.39, 0.29) is 11.9 Å². The number of urea groups is 1. The van der Waals surface area contributed by atoms with Gasteiger partial charge in [0.05, 0.1) is 0 Å². The zero-order chi connectivity index (χ0) is 15.4. The summed E-state index contributed by atoms with van der Waals surface area (Å²) < 4.78 is 5.83. The standard InChI is InChI=1S/C14H20BrN3O3/c1-3-16(4-2)14(20)18-9-7-17(8-10-18)13(19)11-5-6-12(15)21-11/h5-6H,3-4,7-10H2,1-2H3. The second-order valence-corrected chi connectivity index (χ2v) is 5.62. The van der Waals surface area contributed by atoms with Gasteiger partial charge in [-0.1, -0.05) is 0 Å². The summed E-state index contributed by atoms with van der Waals surface area (Å²) in [6, 6.07) is 3.40. The predicted molar refractivity (Wildman–Crippen MR) is 82.2 cm³/mol. The van der Waals surface area contributed by atoms with E-state index in [1.807, 2.05) is 13.8 Å². The molecule has 21 heavy (non-hydrogen) atoms. The second kappa shape index (κ2) is 6.98. The third kappa shape index (κ3) is 3.58. The molecule has 116 valence electrons. The maximum absolute atomic E-state index is 12.2. The summed E-state index contributed by atoms with van der Waals surface area (Å²) in [5.41, 5.74) is 0. The molecule has 1 aromatic heterocycles. The van der Waals surface area contributed by atoms with Crippen LogP contribution in [0, 0.1) is 0 Å². The molecule has 7 heteroatoms. The quantitative estimate of drug-likeness (QED) is 0.833. The van der Waals surface area contributed by atoms with Crippen molar-refractivity contribution in [3.8, 4) is 0 Å². The van der Waals surface area contributed by atoms with Crippen molar-refractivity contribution in [2.24, 2.45) is 0 Å². The van der Waals surface area contributed by atoms with Crippen LogP contribution >= 0.6 is 15.9 Å². The fraction of sp³-hybridized carbons (Fsp3) is 0.571. The summed E-state index contributed by atoms with van der Waals surface area (Å²) in [5.74, 6) is 0.195. The monoisotopic (exact) mass is 357 g/mol. The van der Waals surface area contributed by atoms with Gasteiger partial charge in [-0.2, -0.15) is 0 Å². The van der Waals surface area contributed by atoms with Crippen molar-refractivity contribution in [1.82, 2.24) is 14.7 Å². The van der Waals surface area contributed by atoms with E-state index in [0.29, 0.717) is 49.7 Å². The molecule has 3 amide bonds. The molecule has 0 atom stereocenters. The number of piperazine rings is 1. The van der Waals surface area contributed by atoms with E-state index in [0.717, 1.165) is 0 Å². The summed E-state index contributed by atoms with van der Waals surface area (Å²) in [7, 11) is 0. The number of carbonyl (C=O) groups is 2. The Morgan fingerprint density at radius 2 is 1.71 bits per heavy atom. The topological polar surface area (TPSA) is 57.0 Å². The molecule has 6 nitrogen and oxygen atoms in total. The van der Waals surface area contributed by atoms with E-state index in [9.17, 15) is 9.59 Å². The van der Waals surface area contributed by atoms with Crippen LogP contribution in [0.2, 0.25) is 0 Å². The summed E-state index contributed by atoms with van der Waals surface area (Å²) in [6.07, 6.45) is 0. The molecule has 1 aromatic rings. The molecule has 1 aliphatic rings. The van der Waals surface area contributed by atoms with E-state index in [4.69, 9.17) is 4.42 Å². The Labute approximate surface area is 132 Å². The normalized spacial score (nSPS) is 15.2. The van der Waals surface area contributed by atoms with Crippen molar-refractivity contribution >= 4 is 27.9 Å². The van der Waals surface area contributed by atoms with Crippen molar-refractivity contribution in [2.45, 2.75) is 13.8 Å². The Hall–Kier alpha value is -1.50. The zero-order valence-corrected chi connectivity index (χ0v) is 13.9. The van der Waals surface area contributed by atoms with Crippen LogP contribution in [0.3, 0.4) is 0 Å². The van der Waals surface area contributed by atoms with Gasteiger partial charge < -0.3 is 19.1 Å². The Morgan fingerprint density at radius 1 is 1.14 bits per heavy atom. The molecule has 0 spiro atoms. The zero-order valence-electron chi connectivity index (χ0n) is 12.3. The summed E-state index contributed by atoms with van der Waals surface area (Å²) in [5, 5.41) is 0. The fourth-order valence-corrected chi connectivity index (χ4v) is 2.69. The highest BCUT2D eigenvalue weighted by Crippen LogP contribution is 2.17. The fourth-order valence-electron chi connectivity index (χ4n) is 2.38. The lowest BCUT2D eigenvalue weighted by Crippen LogP contribution is -2.54. The number of nitrogens with zero attached hydrogens (tertiary/aromatic N) is 3. The van der Waals surface area contributed by atoms with Crippen molar-refractivity contribution in [1.29, 1.82) is 0 Å². The summed E-state index contributed by atoms with van der Waals surface area (Å²) in [6.45, 7) is 7.52. The molecular weight excluding hydrogens is 338 g/mol. The van der Waals surface area contributed by atoms with Crippen LogP contribution in [0.5, 0.6) is 0 Å². The molecule has 1 fully saturated rings. The van der Waals surface area contributed by atoms with Gasteiger partial charge in [-0.3, -0.25) is 4.79 Å². The molecule has 0 aromatic carbocycles. The highest BCUT2D eigenvalue weighted by atomic mass is 79.9. The van der Waals surface area contributed by atoms with Crippen molar-refractivity contribution in [2.75, 3.05) is 39.3 Å². The van der Waals surface area contributed by atoms with Gasteiger partial charge in [0.1, 0.15) is 0 Å². The Balaban J connectivity index is 1.91. The first kappa shape index (κ1) is 15.9. The minimum Gasteiger partial charge on any atom is -0.444 e. The van der Waals surface area contributed by atoms with Crippen molar-refractivity contribution < 1.29 is 14.0 Å². The smallest absolute Gasteiger partial charge is 0.320 e. The lowest BCUT2D eigenvalue weighted by atomic mass is 10.3. The van der Waals surface area contributed by atoms with Gasteiger partial charge in [0.15, 0.2) is 10.4 Å². The Morgan fingerprint density at radius 3 is 2.19 bits per heavy atom. The van der Waals surface area contributed by atoms with Gasteiger partial charge in [-0.05, 0) is 41.9 Å². The largest absolute Gasteiger partial charge is 0.444 e. The highest BCUT2D eigenvalue weighted by Gasteiger charge is 2.27. The van der Waals surface area contributed by atoms with Crippen LogP contribution in [0.4, 0.5) is 4.79 Å². The third-order valence-corrected chi connectivity index (χ3v) is 4.08. The molecule has 0 saturated carbocycles. The van der Waals surface area contributed by atoms with Gasteiger partial charge in [0.25, 0.3) is 5.91 Å². The molecule has 2 rings (SSSR count). The molecule has 0 radical (unpaired) electrons. The molecule has 2 heterocycles. The Kier molecular flexibility index (Phi) is 5.27. The first-order valence-corrected chi connectivity index (χ1v) is 7.94. The molecule has 0 N–H and O–H groups in total. The summed E-state index contributed by atoms with van der Waals surface area (Å²) in [4.78, 5) is 29.8. The van der Waals surface area contributed by atoms with Gasteiger partial charge in [0.2, 0.25) is 0 Å². The number of rotatable bonds is 3. The van der Waals surface area contributed by atoms with Gasteiger partial charge in [-0.25, -0.2) is 4.79 Å². The molecular formula is C14H20BrN3O3. The third-order valence-electron chi connectivity index (χ3n) is 3.66. The van der Waals surface area contributed by atoms with Crippen LogP contribution in [-0.4, -0.2) is 65.9 Å². The van der Waals surface area contributed by atoms with Gasteiger partial charge in [0, 0.05) is 39.3 Å². The predicted octanol–water partition coefficient (Wildman–Crippen LogP) is 2.26. The minimum atomic E-state index is -0.129. The van der Waals surface area contributed by atoms with Crippen molar-refractivity contribution in [3.05, 3.63) is 22.6 Å². The molecule has 0 aliphatic carbocycles. The number of hydrogen-bond acceptors (Lipinski definition) is 3. The number of halogens is 1. The van der Waals surface area contributed by atoms with E-state index in [2.05, 4.69) is 15.9 Å². The van der Waals surface area contributed by atoms with E-state index in [1.165, 1.54) is 0 Å². The van der Waals surface area contributed by atoms with Crippen LogP contribution in [0.25, 0.3) is 0 Å². The minimum absolute atomic E-state index is 0.0489. The van der Waals surface area contributed by atoms with Crippen LogP contribution in [-0.2, 0) is 0 Å². The van der Waals surface area contributed by atoms with Gasteiger partial charge in [-0.15, -0.1) is 0 Å². The van der Waals surface area contributed by atoms with Crippen LogP contribution < -0.4 is 0 Å². The lowest BCUT2D eigenvalue weighted by Gasteiger charge is -2.36. The molecule has 0 unspecified atom stereocenters. The second-order valence-electron chi connectivity index (χ2n) is 4.84. The van der Waals surface area contributed by atoms with E-state index in [1.54, 1.807) is 26.8 Å². The van der Waals surface area contributed by atoms with Crippen LogP contribution in [0.15, 0.2) is 21.2 Å². The number of hydrogen-bond donors (Lipinski definition) is 0. The van der Waals surface area contributed by atoms with Crippen LogP contribution in [0.1, 0.15) is 24.4 Å². The average molecular weight is 358 g/mol. The first-order valence-electron chi connectivity index (χ1n) is 7.15. The molecule has 0 bridgehead atoms. The van der Waals surface area contributed by atoms with Gasteiger partial charge >= 0.3 is 6.03 Å². The maximum Gasteiger partial charge on any atom is 0.320 e. The molecule has 1 saturated heterocycles. The Bertz CT molecular complexity index is 505. The maximum atomic E-state index is 12.2. The molecule has 1 aliphatic heterocycles. The van der Waals surface area contributed by atoms with E-state index < -0.39 is 0 Å². The van der Waals surface area contributed by atoms with Crippen molar-refractivity contribution in [3.63, 3.8) is 0 Å². The first-order chi connectivity index (χ1) is 10.1. The summed E-state index contributed by atoms with van der Waals surface area (Å²) >= 11 is 3.19. The lowest BCUT2D eigenvalue weighted by molar-refractivity contribution is 0.0610.